The molecule has 0 aliphatic heterocycles. The minimum absolute atomic E-state index is 0.113. The highest BCUT2D eigenvalue weighted by molar-refractivity contribution is 5.80. The molecule has 1 aromatic rings. The largest absolute Gasteiger partial charge is 0.573 e. The number of benzene rings is 1. The molecule has 0 aromatic heterocycles. The molecule has 0 saturated heterocycles. The number of carboxylic acid groups (broad SMARTS) is 1. The maximum absolute atomic E-state index is 12.1. The fourth-order valence-electron chi connectivity index (χ4n) is 1.22. The lowest BCUT2D eigenvalue weighted by atomic mass is 10.3. The van der Waals surface area contributed by atoms with Gasteiger partial charge in [-0.05, 0) is 24.6 Å². The highest BCUT2D eigenvalue weighted by Crippen LogP contribution is 2.31. The van der Waals surface area contributed by atoms with Gasteiger partial charge in [-0.15, -0.1) is 13.2 Å². The summed E-state index contributed by atoms with van der Waals surface area (Å²) in [7, 11) is 0. The van der Waals surface area contributed by atoms with Gasteiger partial charge in [-0.3, -0.25) is 0 Å². The molecule has 0 amide bonds. The molecule has 0 aliphatic rings. The molecule has 0 saturated carbocycles. The van der Waals surface area contributed by atoms with E-state index in [1.54, 1.807) is 0 Å². The van der Waals surface area contributed by atoms with Gasteiger partial charge in [0.1, 0.15) is 6.61 Å². The molecule has 1 N–H and O–H groups in total. The van der Waals surface area contributed by atoms with Gasteiger partial charge in [0.25, 0.3) is 0 Å². The van der Waals surface area contributed by atoms with Crippen molar-refractivity contribution in [1.29, 1.82) is 0 Å². The lowest BCUT2D eigenvalue weighted by Crippen LogP contribution is -2.17. The third-order valence-corrected chi connectivity index (χ3v) is 1.90. The molecule has 0 heterocycles. The molecular weight excluding hydrogens is 265 g/mol. The first-order valence-electron chi connectivity index (χ1n) is 5.15. The average molecular weight is 276 g/mol. The van der Waals surface area contributed by atoms with Gasteiger partial charge in [0.05, 0.1) is 0 Å². The van der Waals surface area contributed by atoms with Crippen LogP contribution in [0.15, 0.2) is 35.9 Å². The number of hydrogen-bond acceptors (Lipinski definition) is 3. The molecule has 19 heavy (non-hydrogen) atoms. The fourth-order valence-corrected chi connectivity index (χ4v) is 1.22. The van der Waals surface area contributed by atoms with Crippen molar-refractivity contribution in [2.75, 3.05) is 6.61 Å². The quantitative estimate of drug-likeness (QED) is 0.840. The van der Waals surface area contributed by atoms with Gasteiger partial charge in [0.15, 0.2) is 11.5 Å². The second kappa shape index (κ2) is 6.12. The standard InChI is InChI=1S/C12H11F3O4/c1-8(6-11(16)17)7-18-9-4-2-3-5-10(9)19-12(13,14)15/h2-6H,7H2,1H3,(H,16,17)/b8-6-. The zero-order valence-electron chi connectivity index (χ0n) is 9.90. The predicted octanol–water partition coefficient (Wildman–Crippen LogP) is 2.99. The average Bonchev–Trinajstić information content (AvgIpc) is 2.25. The van der Waals surface area contributed by atoms with E-state index in [0.29, 0.717) is 5.57 Å². The molecule has 104 valence electrons. The SMILES string of the molecule is C/C(=C/C(=O)O)COc1ccccc1OC(F)(F)F. The van der Waals surface area contributed by atoms with Gasteiger partial charge < -0.3 is 14.6 Å². The summed E-state index contributed by atoms with van der Waals surface area (Å²) in [5.41, 5.74) is 0.356. The van der Waals surface area contributed by atoms with E-state index in [1.807, 2.05) is 0 Å². The molecule has 1 rings (SSSR count). The molecule has 7 heteroatoms. The molecule has 0 aliphatic carbocycles. The number of aliphatic carboxylic acids is 1. The van der Waals surface area contributed by atoms with Crippen molar-refractivity contribution in [3.8, 4) is 11.5 Å². The third-order valence-electron chi connectivity index (χ3n) is 1.90. The Labute approximate surface area is 107 Å². The van der Waals surface area contributed by atoms with Crippen LogP contribution >= 0.6 is 0 Å². The second-order valence-electron chi connectivity index (χ2n) is 3.61. The Morgan fingerprint density at radius 1 is 1.32 bits per heavy atom. The van der Waals surface area contributed by atoms with Crippen molar-refractivity contribution in [3.63, 3.8) is 0 Å². The van der Waals surface area contributed by atoms with Crippen LogP contribution in [0.1, 0.15) is 6.92 Å². The van der Waals surface area contributed by atoms with Crippen LogP contribution in [0.3, 0.4) is 0 Å². The Morgan fingerprint density at radius 3 is 2.42 bits per heavy atom. The van der Waals surface area contributed by atoms with Gasteiger partial charge in [0, 0.05) is 6.08 Å². The molecule has 1 aromatic carbocycles. The van der Waals surface area contributed by atoms with Crippen LogP contribution < -0.4 is 9.47 Å². The number of alkyl halides is 3. The highest BCUT2D eigenvalue weighted by Gasteiger charge is 2.32. The first-order valence-corrected chi connectivity index (χ1v) is 5.15. The van der Waals surface area contributed by atoms with Gasteiger partial charge in [-0.25, -0.2) is 4.79 Å². The number of ether oxygens (including phenoxy) is 2. The third kappa shape index (κ3) is 5.80. The Bertz CT molecular complexity index is 480. The van der Waals surface area contributed by atoms with Gasteiger partial charge in [-0.1, -0.05) is 12.1 Å². The molecule has 4 nitrogen and oxygen atoms in total. The van der Waals surface area contributed by atoms with Crippen molar-refractivity contribution >= 4 is 5.97 Å². The molecular formula is C12H11F3O4. The maximum Gasteiger partial charge on any atom is 0.573 e. The minimum atomic E-state index is -4.81. The topological polar surface area (TPSA) is 55.8 Å². The van der Waals surface area contributed by atoms with E-state index in [2.05, 4.69) is 4.74 Å². The lowest BCUT2D eigenvalue weighted by Gasteiger charge is -2.13. The number of hydrogen-bond donors (Lipinski definition) is 1. The monoisotopic (exact) mass is 276 g/mol. The lowest BCUT2D eigenvalue weighted by molar-refractivity contribution is -0.275. The van der Waals surface area contributed by atoms with Crippen molar-refractivity contribution in [2.24, 2.45) is 0 Å². The van der Waals surface area contributed by atoms with Gasteiger partial charge in [-0.2, -0.15) is 0 Å². The normalized spacial score (nSPS) is 12.1. The van der Waals surface area contributed by atoms with Crippen LogP contribution in [0.2, 0.25) is 0 Å². The van der Waals surface area contributed by atoms with E-state index in [1.165, 1.54) is 25.1 Å². The van der Waals surface area contributed by atoms with Crippen LogP contribution in [0.5, 0.6) is 11.5 Å². The molecule has 0 radical (unpaired) electrons. The predicted molar refractivity (Wildman–Crippen MR) is 60.0 cm³/mol. The van der Waals surface area contributed by atoms with Crippen LogP contribution in [0.4, 0.5) is 13.2 Å². The number of carboxylic acids is 1. The summed E-state index contributed by atoms with van der Waals surface area (Å²) < 4.78 is 45.3. The summed E-state index contributed by atoms with van der Waals surface area (Å²) in [5.74, 6) is -1.74. The summed E-state index contributed by atoms with van der Waals surface area (Å²) >= 11 is 0. The van der Waals surface area contributed by atoms with E-state index in [-0.39, 0.29) is 12.4 Å². The minimum Gasteiger partial charge on any atom is -0.485 e. The van der Waals surface area contributed by atoms with Crippen molar-refractivity contribution < 1.29 is 32.5 Å². The molecule has 0 spiro atoms. The Hall–Kier alpha value is -2.18. The number of halogens is 3. The van der Waals surface area contributed by atoms with Gasteiger partial charge >= 0.3 is 12.3 Å². The Balaban J connectivity index is 2.76. The van der Waals surface area contributed by atoms with Gasteiger partial charge in [0.2, 0.25) is 0 Å². The van der Waals surface area contributed by atoms with Crippen LogP contribution in [0.25, 0.3) is 0 Å². The number of rotatable bonds is 5. The van der Waals surface area contributed by atoms with E-state index in [0.717, 1.165) is 12.1 Å². The number of para-hydroxylation sites is 2. The Kier molecular flexibility index (Phi) is 4.80. The smallest absolute Gasteiger partial charge is 0.485 e. The van der Waals surface area contributed by atoms with Crippen molar-refractivity contribution in [2.45, 2.75) is 13.3 Å². The summed E-state index contributed by atoms with van der Waals surface area (Å²) in [6.45, 7) is 1.34. The van der Waals surface area contributed by atoms with E-state index in [9.17, 15) is 18.0 Å². The van der Waals surface area contributed by atoms with E-state index >= 15 is 0 Å². The summed E-state index contributed by atoms with van der Waals surface area (Å²) in [4.78, 5) is 10.4. The summed E-state index contributed by atoms with van der Waals surface area (Å²) in [5, 5.41) is 8.48. The molecule has 0 unspecified atom stereocenters. The first kappa shape index (κ1) is 14.9. The molecule has 0 bridgehead atoms. The van der Waals surface area contributed by atoms with Crippen molar-refractivity contribution in [1.82, 2.24) is 0 Å². The molecule has 0 fully saturated rings. The first-order chi connectivity index (χ1) is 8.78. The fraction of sp³-hybridized carbons (Fsp3) is 0.250. The van der Waals surface area contributed by atoms with Crippen LogP contribution in [0, 0.1) is 0 Å². The zero-order chi connectivity index (χ0) is 14.5. The van der Waals surface area contributed by atoms with E-state index < -0.39 is 18.1 Å². The summed E-state index contributed by atoms with van der Waals surface area (Å²) in [6.07, 6.45) is -3.90. The Morgan fingerprint density at radius 2 is 1.89 bits per heavy atom. The van der Waals surface area contributed by atoms with Crippen LogP contribution in [-0.2, 0) is 4.79 Å². The van der Waals surface area contributed by atoms with E-state index in [4.69, 9.17) is 9.84 Å². The maximum atomic E-state index is 12.1. The summed E-state index contributed by atoms with van der Waals surface area (Å²) in [6, 6.07) is 5.26. The highest BCUT2D eigenvalue weighted by atomic mass is 19.4. The number of carbonyl (C=O) groups is 1. The second-order valence-corrected chi connectivity index (χ2v) is 3.61. The van der Waals surface area contributed by atoms with Crippen molar-refractivity contribution in [3.05, 3.63) is 35.9 Å². The molecule has 0 atom stereocenters. The van der Waals surface area contributed by atoms with Crippen LogP contribution in [-0.4, -0.2) is 24.0 Å². The zero-order valence-corrected chi connectivity index (χ0v) is 9.90.